The summed E-state index contributed by atoms with van der Waals surface area (Å²) in [5.74, 6) is 0.949. The molecule has 0 bridgehead atoms. The van der Waals surface area contributed by atoms with Gasteiger partial charge in [-0.25, -0.2) is 0 Å². The molecule has 0 spiro atoms. The number of nitro benzene ring substituents is 1. The minimum atomic E-state index is -0.423. The average Bonchev–Trinajstić information content (AvgIpc) is 2.49. The van der Waals surface area contributed by atoms with E-state index < -0.39 is 4.92 Å². The molecule has 5 nitrogen and oxygen atoms in total. The number of hydrogen-bond acceptors (Lipinski definition) is 4. The smallest absolute Gasteiger partial charge is 0.276 e. The average molecular weight is 313 g/mol. The normalized spacial score (nSPS) is 22.2. The van der Waals surface area contributed by atoms with Crippen LogP contribution in [-0.4, -0.2) is 18.1 Å². The first-order valence-corrected chi connectivity index (χ1v) is 7.71. The van der Waals surface area contributed by atoms with Gasteiger partial charge in [0.15, 0.2) is 0 Å². The summed E-state index contributed by atoms with van der Waals surface area (Å²) in [6.45, 7) is 1.44. The van der Waals surface area contributed by atoms with Crippen LogP contribution in [0.5, 0.6) is 0 Å². The largest absolute Gasteiger partial charge is 0.376 e. The molecule has 0 saturated heterocycles. The van der Waals surface area contributed by atoms with Crippen LogP contribution in [-0.2, 0) is 11.3 Å². The van der Waals surface area contributed by atoms with E-state index in [1.165, 1.54) is 18.9 Å². The number of nitrogens with two attached hydrogens (primary N) is 1. The van der Waals surface area contributed by atoms with E-state index in [0.717, 1.165) is 12.8 Å². The molecule has 1 saturated carbocycles. The van der Waals surface area contributed by atoms with Crippen molar-refractivity contribution in [1.82, 2.24) is 0 Å². The molecule has 0 heterocycles. The maximum Gasteiger partial charge on any atom is 0.276 e. The number of benzene rings is 1. The summed E-state index contributed by atoms with van der Waals surface area (Å²) < 4.78 is 5.72. The summed E-state index contributed by atoms with van der Waals surface area (Å²) in [5.41, 5.74) is 6.26. The van der Waals surface area contributed by atoms with Gasteiger partial charge in [0.1, 0.15) is 0 Å². The second-order valence-electron chi connectivity index (χ2n) is 5.55. The van der Waals surface area contributed by atoms with Crippen molar-refractivity contribution in [3.8, 4) is 0 Å². The molecule has 1 aromatic rings. The van der Waals surface area contributed by atoms with Crippen LogP contribution in [0.1, 0.15) is 31.2 Å². The number of ether oxygens (including phenoxy) is 1. The zero-order chi connectivity index (χ0) is 15.2. The first-order valence-electron chi connectivity index (χ1n) is 7.33. The highest BCUT2D eigenvalue weighted by Crippen LogP contribution is 2.31. The highest BCUT2D eigenvalue weighted by Gasteiger charge is 2.24. The van der Waals surface area contributed by atoms with E-state index in [4.69, 9.17) is 22.1 Å². The highest BCUT2D eigenvalue weighted by molar-refractivity contribution is 6.31. The van der Waals surface area contributed by atoms with Crippen molar-refractivity contribution in [2.45, 2.75) is 32.3 Å². The Morgan fingerprint density at radius 3 is 2.71 bits per heavy atom. The Morgan fingerprint density at radius 2 is 2.05 bits per heavy atom. The monoisotopic (exact) mass is 312 g/mol. The van der Waals surface area contributed by atoms with E-state index in [-0.39, 0.29) is 12.3 Å². The molecule has 2 N–H and O–H groups in total. The Kier molecular flexibility index (Phi) is 5.96. The second-order valence-corrected chi connectivity index (χ2v) is 5.96. The Labute approximate surface area is 129 Å². The van der Waals surface area contributed by atoms with E-state index >= 15 is 0 Å². The molecule has 2 atom stereocenters. The minimum absolute atomic E-state index is 0.0153. The van der Waals surface area contributed by atoms with Crippen LogP contribution in [0.4, 0.5) is 5.69 Å². The Bertz CT molecular complexity index is 496. The quantitative estimate of drug-likeness (QED) is 0.644. The van der Waals surface area contributed by atoms with Gasteiger partial charge in [-0.3, -0.25) is 10.1 Å². The lowest BCUT2D eigenvalue weighted by Crippen LogP contribution is -2.29. The maximum absolute atomic E-state index is 11.0. The molecule has 0 amide bonds. The second kappa shape index (κ2) is 7.73. The predicted molar refractivity (Wildman–Crippen MR) is 82.3 cm³/mol. The highest BCUT2D eigenvalue weighted by atomic mass is 35.5. The maximum atomic E-state index is 11.0. The first kappa shape index (κ1) is 16.2. The van der Waals surface area contributed by atoms with Crippen molar-refractivity contribution in [2.24, 2.45) is 17.6 Å². The van der Waals surface area contributed by atoms with E-state index in [1.807, 2.05) is 0 Å². The van der Waals surface area contributed by atoms with Crippen molar-refractivity contribution in [3.63, 3.8) is 0 Å². The fraction of sp³-hybridized carbons (Fsp3) is 0.600. The molecule has 1 aliphatic carbocycles. The molecule has 21 heavy (non-hydrogen) atoms. The molecule has 1 fully saturated rings. The van der Waals surface area contributed by atoms with Gasteiger partial charge < -0.3 is 10.5 Å². The third-order valence-corrected chi connectivity index (χ3v) is 4.59. The van der Waals surface area contributed by atoms with Crippen molar-refractivity contribution < 1.29 is 9.66 Å². The molecule has 1 aliphatic rings. The summed E-state index contributed by atoms with van der Waals surface area (Å²) in [6.07, 6.45) is 4.70. The summed E-state index contributed by atoms with van der Waals surface area (Å²) in [5, 5.41) is 11.4. The van der Waals surface area contributed by atoms with Crippen molar-refractivity contribution in [1.29, 1.82) is 0 Å². The zero-order valence-corrected chi connectivity index (χ0v) is 12.7. The summed E-state index contributed by atoms with van der Waals surface area (Å²) in [6, 6.07) is 4.68. The van der Waals surface area contributed by atoms with Crippen LogP contribution in [0.2, 0.25) is 5.02 Å². The molecule has 116 valence electrons. The van der Waals surface area contributed by atoms with Crippen LogP contribution in [0.25, 0.3) is 0 Å². The van der Waals surface area contributed by atoms with Gasteiger partial charge in [0.05, 0.1) is 28.7 Å². The molecule has 2 rings (SSSR count). The molecular formula is C15H21ClN2O3. The molecule has 0 radical (unpaired) electrons. The number of hydrogen-bond donors (Lipinski definition) is 1. The van der Waals surface area contributed by atoms with E-state index in [9.17, 15) is 10.1 Å². The fourth-order valence-corrected chi connectivity index (χ4v) is 3.21. The molecule has 0 aromatic heterocycles. The predicted octanol–water partition coefficient (Wildman–Crippen LogP) is 3.53. The molecule has 2 unspecified atom stereocenters. The minimum Gasteiger partial charge on any atom is -0.376 e. The third kappa shape index (κ3) is 4.15. The fourth-order valence-electron chi connectivity index (χ4n) is 2.99. The Morgan fingerprint density at radius 1 is 1.33 bits per heavy atom. The topological polar surface area (TPSA) is 78.4 Å². The van der Waals surface area contributed by atoms with Crippen molar-refractivity contribution >= 4 is 17.3 Å². The van der Waals surface area contributed by atoms with Crippen LogP contribution in [0.15, 0.2) is 18.2 Å². The standard InChI is InChI=1S/C15H21ClN2O3/c16-14-6-3-7-15(18(19)20)13(14)10-21-9-12-5-2-1-4-11(12)8-17/h3,6-7,11-12H,1-2,4-5,8-10,17H2. The van der Waals surface area contributed by atoms with Gasteiger partial charge in [0.2, 0.25) is 0 Å². The Balaban J connectivity index is 1.95. The molecule has 0 aliphatic heterocycles. The van der Waals surface area contributed by atoms with E-state index in [2.05, 4.69) is 0 Å². The summed E-state index contributed by atoms with van der Waals surface area (Å²) in [7, 11) is 0. The van der Waals surface area contributed by atoms with E-state index in [0.29, 0.717) is 35.6 Å². The SMILES string of the molecule is NCC1CCCCC1COCc1c(Cl)cccc1[N+](=O)[O-]. The lowest BCUT2D eigenvalue weighted by atomic mass is 9.80. The van der Waals surface area contributed by atoms with E-state index in [1.54, 1.807) is 12.1 Å². The number of nitrogens with zero attached hydrogens (tertiary/aromatic N) is 1. The van der Waals surface area contributed by atoms with Gasteiger partial charge in [0.25, 0.3) is 5.69 Å². The Hall–Kier alpha value is -1.17. The van der Waals surface area contributed by atoms with Crippen molar-refractivity contribution in [3.05, 3.63) is 38.9 Å². The van der Waals surface area contributed by atoms with Crippen molar-refractivity contribution in [2.75, 3.05) is 13.2 Å². The van der Waals surface area contributed by atoms with Gasteiger partial charge in [0, 0.05) is 6.07 Å². The molecule has 1 aromatic carbocycles. The van der Waals surface area contributed by atoms with Gasteiger partial charge in [-0.2, -0.15) is 0 Å². The van der Waals surface area contributed by atoms with Gasteiger partial charge in [-0.05, 0) is 37.3 Å². The summed E-state index contributed by atoms with van der Waals surface area (Å²) in [4.78, 5) is 10.6. The van der Waals surface area contributed by atoms with Gasteiger partial charge >= 0.3 is 0 Å². The van der Waals surface area contributed by atoms with Gasteiger partial charge in [-0.1, -0.05) is 30.5 Å². The lowest BCUT2D eigenvalue weighted by molar-refractivity contribution is -0.385. The first-order chi connectivity index (χ1) is 10.1. The number of rotatable bonds is 6. The number of halogens is 1. The third-order valence-electron chi connectivity index (χ3n) is 4.24. The lowest BCUT2D eigenvalue weighted by Gasteiger charge is -2.30. The van der Waals surface area contributed by atoms with Crippen LogP contribution < -0.4 is 5.73 Å². The van der Waals surface area contributed by atoms with Crippen LogP contribution >= 0.6 is 11.6 Å². The van der Waals surface area contributed by atoms with Gasteiger partial charge in [-0.15, -0.1) is 0 Å². The number of nitro groups is 1. The summed E-state index contributed by atoms with van der Waals surface area (Å²) >= 11 is 6.05. The molecular weight excluding hydrogens is 292 g/mol. The van der Waals surface area contributed by atoms with Crippen LogP contribution in [0.3, 0.4) is 0 Å². The van der Waals surface area contributed by atoms with Crippen LogP contribution in [0, 0.1) is 22.0 Å². The molecule has 6 heteroatoms. The zero-order valence-electron chi connectivity index (χ0n) is 12.0.